The average molecular weight is 379 g/mol. The Morgan fingerprint density at radius 3 is 2.46 bits per heavy atom. The largest absolute Gasteiger partial charge is 0.451 e. The van der Waals surface area contributed by atoms with Crippen molar-refractivity contribution in [3.63, 3.8) is 0 Å². The van der Waals surface area contributed by atoms with Gasteiger partial charge in [0, 0.05) is 4.70 Å². The van der Waals surface area contributed by atoms with Crippen LogP contribution < -0.4 is 5.32 Å². The Morgan fingerprint density at radius 2 is 1.73 bits per heavy atom. The molecule has 0 atom stereocenters. The maximum Gasteiger partial charge on any atom is 0.418 e. The Morgan fingerprint density at radius 1 is 1.04 bits per heavy atom. The van der Waals surface area contributed by atoms with Crippen LogP contribution in [0.15, 0.2) is 54.6 Å². The van der Waals surface area contributed by atoms with Crippen LogP contribution >= 0.6 is 11.3 Å². The molecule has 1 aromatic heterocycles. The van der Waals surface area contributed by atoms with E-state index in [0.29, 0.717) is 4.88 Å². The SMILES string of the molecule is O=C(COC(=O)c1cc2ccccc2s1)Nc1ccccc1C(F)(F)F. The summed E-state index contributed by atoms with van der Waals surface area (Å²) in [4.78, 5) is 24.2. The molecule has 26 heavy (non-hydrogen) atoms. The smallest absolute Gasteiger partial charge is 0.418 e. The first kappa shape index (κ1) is 17.9. The molecule has 0 saturated carbocycles. The number of esters is 1. The van der Waals surface area contributed by atoms with Gasteiger partial charge in [-0.05, 0) is 29.7 Å². The van der Waals surface area contributed by atoms with Crippen LogP contribution in [0.25, 0.3) is 10.1 Å². The molecule has 134 valence electrons. The van der Waals surface area contributed by atoms with E-state index in [1.54, 1.807) is 6.07 Å². The van der Waals surface area contributed by atoms with E-state index in [0.717, 1.165) is 22.2 Å². The number of carbonyl (C=O) groups is 2. The van der Waals surface area contributed by atoms with Crippen molar-refractivity contribution in [3.05, 3.63) is 65.0 Å². The minimum absolute atomic E-state index is 0.315. The lowest BCUT2D eigenvalue weighted by Gasteiger charge is -2.13. The number of alkyl halides is 3. The van der Waals surface area contributed by atoms with Crippen molar-refractivity contribution in [1.29, 1.82) is 0 Å². The highest BCUT2D eigenvalue weighted by molar-refractivity contribution is 7.20. The monoisotopic (exact) mass is 379 g/mol. The number of para-hydroxylation sites is 1. The lowest BCUT2D eigenvalue weighted by Crippen LogP contribution is -2.22. The van der Waals surface area contributed by atoms with Crippen LogP contribution in [0.5, 0.6) is 0 Å². The van der Waals surface area contributed by atoms with Crippen molar-refractivity contribution in [1.82, 2.24) is 0 Å². The van der Waals surface area contributed by atoms with E-state index in [1.807, 2.05) is 24.3 Å². The Kier molecular flexibility index (Phi) is 4.94. The minimum Gasteiger partial charge on any atom is -0.451 e. The molecule has 0 fully saturated rings. The topological polar surface area (TPSA) is 55.4 Å². The maximum atomic E-state index is 12.9. The number of carbonyl (C=O) groups excluding carboxylic acids is 2. The zero-order chi connectivity index (χ0) is 18.7. The van der Waals surface area contributed by atoms with Crippen LogP contribution in [-0.4, -0.2) is 18.5 Å². The van der Waals surface area contributed by atoms with Gasteiger partial charge in [0.1, 0.15) is 4.88 Å². The molecule has 0 aliphatic rings. The number of ether oxygens (including phenoxy) is 1. The third-order valence-corrected chi connectivity index (χ3v) is 4.56. The van der Waals surface area contributed by atoms with Crippen molar-refractivity contribution in [2.75, 3.05) is 11.9 Å². The van der Waals surface area contributed by atoms with Gasteiger partial charge >= 0.3 is 12.1 Å². The van der Waals surface area contributed by atoms with Gasteiger partial charge in [-0.15, -0.1) is 11.3 Å². The highest BCUT2D eigenvalue weighted by atomic mass is 32.1. The van der Waals surface area contributed by atoms with E-state index in [1.165, 1.54) is 23.5 Å². The van der Waals surface area contributed by atoms with E-state index in [2.05, 4.69) is 5.32 Å². The first-order valence-electron chi connectivity index (χ1n) is 7.46. The number of hydrogen-bond acceptors (Lipinski definition) is 4. The third kappa shape index (κ3) is 4.02. The van der Waals surface area contributed by atoms with E-state index in [-0.39, 0.29) is 5.69 Å². The zero-order valence-corrected chi connectivity index (χ0v) is 14.0. The lowest BCUT2D eigenvalue weighted by molar-refractivity contribution is -0.137. The van der Waals surface area contributed by atoms with Crippen molar-refractivity contribution < 1.29 is 27.5 Å². The summed E-state index contributed by atoms with van der Waals surface area (Å²) in [7, 11) is 0. The second kappa shape index (κ2) is 7.17. The molecule has 0 saturated heterocycles. The van der Waals surface area contributed by atoms with Crippen LogP contribution in [0.3, 0.4) is 0 Å². The molecule has 2 aromatic carbocycles. The fourth-order valence-corrected chi connectivity index (χ4v) is 3.27. The molecule has 3 aromatic rings. The molecule has 1 heterocycles. The number of halogens is 3. The zero-order valence-electron chi connectivity index (χ0n) is 13.2. The van der Waals surface area contributed by atoms with Crippen LogP contribution in [0.1, 0.15) is 15.2 Å². The van der Waals surface area contributed by atoms with E-state index < -0.39 is 30.2 Å². The Bertz CT molecular complexity index is 932. The molecule has 3 rings (SSSR count). The van der Waals surface area contributed by atoms with Gasteiger partial charge < -0.3 is 10.1 Å². The molecule has 0 bridgehead atoms. The van der Waals surface area contributed by atoms with Crippen molar-refractivity contribution in [3.8, 4) is 0 Å². The Labute approximate surface area is 150 Å². The molecule has 1 amide bonds. The fraction of sp³-hybridized carbons (Fsp3) is 0.111. The molecule has 0 spiro atoms. The molecular formula is C18H12F3NO3S. The summed E-state index contributed by atoms with van der Waals surface area (Å²) < 4.78 is 44.5. The molecule has 8 heteroatoms. The number of amides is 1. The van der Waals surface area contributed by atoms with Gasteiger partial charge in [0.05, 0.1) is 11.3 Å². The molecule has 0 aliphatic carbocycles. The van der Waals surface area contributed by atoms with Gasteiger partial charge in [0.2, 0.25) is 0 Å². The van der Waals surface area contributed by atoms with Gasteiger partial charge in [0.15, 0.2) is 6.61 Å². The Balaban J connectivity index is 1.63. The summed E-state index contributed by atoms with van der Waals surface area (Å²) in [5.41, 5.74) is -1.35. The first-order chi connectivity index (χ1) is 12.3. The molecule has 4 nitrogen and oxygen atoms in total. The number of anilines is 1. The molecule has 0 aliphatic heterocycles. The summed E-state index contributed by atoms with van der Waals surface area (Å²) >= 11 is 1.21. The van der Waals surface area contributed by atoms with Gasteiger partial charge in [-0.1, -0.05) is 30.3 Å². The number of nitrogens with one attached hydrogen (secondary N) is 1. The summed E-state index contributed by atoms with van der Waals surface area (Å²) in [6.07, 6.45) is -4.60. The molecule has 0 radical (unpaired) electrons. The fourth-order valence-electron chi connectivity index (χ4n) is 2.31. The van der Waals surface area contributed by atoms with Crippen LogP contribution in [-0.2, 0) is 15.7 Å². The highest BCUT2D eigenvalue weighted by Crippen LogP contribution is 2.34. The number of benzene rings is 2. The van der Waals surface area contributed by atoms with Gasteiger partial charge in [-0.2, -0.15) is 13.2 Å². The number of hydrogen-bond donors (Lipinski definition) is 1. The standard InChI is InChI=1S/C18H12F3NO3S/c19-18(20,21)12-6-2-3-7-13(12)22-16(23)10-25-17(24)15-9-11-5-1-4-8-14(11)26-15/h1-9H,10H2,(H,22,23). The number of rotatable bonds is 4. The summed E-state index contributed by atoms with van der Waals surface area (Å²) in [6, 6.07) is 13.6. The van der Waals surface area contributed by atoms with Crippen LogP contribution in [0, 0.1) is 0 Å². The highest BCUT2D eigenvalue weighted by Gasteiger charge is 2.33. The Hall–Kier alpha value is -2.87. The van der Waals surface area contributed by atoms with Crippen molar-refractivity contribution >= 4 is 39.0 Å². The number of thiophene rings is 1. The molecular weight excluding hydrogens is 367 g/mol. The van der Waals surface area contributed by atoms with Crippen molar-refractivity contribution in [2.24, 2.45) is 0 Å². The lowest BCUT2D eigenvalue weighted by atomic mass is 10.1. The first-order valence-corrected chi connectivity index (χ1v) is 8.28. The van der Waals surface area contributed by atoms with Gasteiger partial charge in [-0.25, -0.2) is 4.79 Å². The van der Waals surface area contributed by atoms with E-state index >= 15 is 0 Å². The third-order valence-electron chi connectivity index (χ3n) is 3.47. The van der Waals surface area contributed by atoms with Crippen LogP contribution in [0.4, 0.5) is 18.9 Å². The second-order valence-corrected chi connectivity index (χ2v) is 6.40. The van der Waals surface area contributed by atoms with Gasteiger partial charge in [0.25, 0.3) is 5.91 Å². The predicted octanol–water partition coefficient (Wildman–Crippen LogP) is 4.72. The minimum atomic E-state index is -4.60. The van der Waals surface area contributed by atoms with E-state index in [9.17, 15) is 22.8 Å². The second-order valence-electron chi connectivity index (χ2n) is 5.32. The summed E-state index contributed by atoms with van der Waals surface area (Å²) in [6.45, 7) is -0.681. The average Bonchev–Trinajstić information content (AvgIpc) is 3.03. The summed E-state index contributed by atoms with van der Waals surface area (Å²) in [5.74, 6) is -1.55. The summed E-state index contributed by atoms with van der Waals surface area (Å²) in [5, 5.41) is 2.99. The van der Waals surface area contributed by atoms with Crippen molar-refractivity contribution in [2.45, 2.75) is 6.18 Å². The molecule has 0 unspecified atom stereocenters. The number of fused-ring (bicyclic) bond motifs is 1. The van der Waals surface area contributed by atoms with Gasteiger partial charge in [-0.3, -0.25) is 4.79 Å². The molecule has 1 N–H and O–H groups in total. The quantitative estimate of drug-likeness (QED) is 0.668. The van der Waals surface area contributed by atoms with E-state index in [4.69, 9.17) is 4.74 Å². The predicted molar refractivity (Wildman–Crippen MR) is 92.2 cm³/mol. The maximum absolute atomic E-state index is 12.9. The van der Waals surface area contributed by atoms with Crippen LogP contribution in [0.2, 0.25) is 0 Å². The normalized spacial score (nSPS) is 11.3.